The fourth-order valence-corrected chi connectivity index (χ4v) is 0. The van der Waals surface area contributed by atoms with Crippen molar-refractivity contribution in [1.82, 2.24) is 0 Å². The number of rotatable bonds is 0. The molecule has 0 aromatic rings. The first-order chi connectivity index (χ1) is 1.41. The molecule has 0 bridgehead atoms. The van der Waals surface area contributed by atoms with Gasteiger partial charge in [-0.1, -0.05) is 0 Å². The smallest absolute Gasteiger partial charge is 0.0209 e. The molecule has 0 heterocycles. The number of hydrogen-bond donors (Lipinski definition) is 0. The van der Waals surface area contributed by atoms with Crippen LogP contribution in [0.15, 0.2) is 0 Å². The predicted octanol–water partition coefficient (Wildman–Crippen LogP) is 0.544. The Bertz CT molecular complexity index is 6.85. The van der Waals surface area contributed by atoms with Crippen molar-refractivity contribution in [3.63, 3.8) is 0 Å². The van der Waals surface area contributed by atoms with Crippen molar-refractivity contribution in [3.8, 4) is 0 Å². The summed E-state index contributed by atoms with van der Waals surface area (Å²) >= 11 is 0. The van der Waals surface area contributed by atoms with Gasteiger partial charge in [0.1, 0.15) is 0 Å². The summed E-state index contributed by atoms with van der Waals surface area (Å²) in [4.78, 5) is 0. The van der Waals surface area contributed by atoms with Crippen molar-refractivity contribution in [2.45, 2.75) is 0 Å². The Morgan fingerprint density at radius 1 is 1.20 bits per heavy atom. The Labute approximate surface area is 31.1 Å². The highest BCUT2D eigenvalue weighted by Crippen LogP contribution is 1.61. The molecule has 0 saturated heterocycles. The lowest BCUT2D eigenvalue weighted by atomic mass is 15.4. The lowest BCUT2D eigenvalue weighted by Crippen LogP contribution is -1.26. The Morgan fingerprint density at radius 2 is 1.20 bits per heavy atom. The van der Waals surface area contributed by atoms with Crippen LogP contribution in [0, 0.1) is 0 Å². The van der Waals surface area contributed by atoms with Crippen molar-refractivity contribution in [2.75, 3.05) is 0 Å². The van der Waals surface area contributed by atoms with Gasteiger partial charge in [0.25, 0.3) is 0 Å². The Hall–Kier alpha value is -0.0331. The Kier molecular flexibility index (Phi) is 151. The van der Waals surface area contributed by atoms with E-state index in [0.717, 1.165) is 0 Å². The number of halogens is 3. The maximum Gasteiger partial charge on any atom is 0.0209 e. The predicted molar refractivity (Wildman–Crippen MR) is 11.6 cm³/mol. The summed E-state index contributed by atoms with van der Waals surface area (Å²) in [5.41, 5.74) is 0. The van der Waals surface area contributed by atoms with Crippen LogP contribution in [0.3, 0.4) is 0 Å². The van der Waals surface area contributed by atoms with Crippen molar-refractivity contribution < 1.29 is 18.9 Å². The summed E-state index contributed by atoms with van der Waals surface area (Å²) in [7, 11) is 0. The maximum absolute atomic E-state index is 9.12. The minimum atomic E-state index is 0. The summed E-state index contributed by atoms with van der Waals surface area (Å²) in [6.45, 7) is 0. The van der Waals surface area contributed by atoms with Crippen LogP contribution in [0.5, 0.6) is 0 Å². The van der Waals surface area contributed by atoms with Crippen LogP contribution >= 0.6 is 0 Å². The monoisotopic (exact) mass is 102 g/mol. The van der Waals surface area contributed by atoms with Gasteiger partial charge in [-0.25, -0.2) is 0 Å². The molecule has 4 radical (unpaired) electrons. The molecule has 0 aliphatic rings. The van der Waals surface area contributed by atoms with Crippen LogP contribution in [0.1, 0.15) is 0 Å². The van der Waals surface area contributed by atoms with Gasteiger partial charge in [-0.15, -0.1) is 0 Å². The Balaban J connectivity index is -0.0000000200. The Morgan fingerprint density at radius 3 is 1.20 bits per heavy atom. The molecule has 0 spiro atoms. The molecule has 0 aliphatic carbocycles. The molecule has 32 valence electrons. The molecule has 1 nitrogen and oxygen atoms in total. The van der Waals surface area contributed by atoms with Gasteiger partial charge in [-0.05, 0) is 9.05 Å². The quantitative estimate of drug-likeness (QED) is 0.406. The zero-order valence-electron chi connectivity index (χ0n) is 2.07. The molecule has 0 atom stereocenters. The SMILES string of the molecule is F.FOF.[Si]. The van der Waals surface area contributed by atoms with E-state index in [1.165, 1.54) is 5.15 Å². The summed E-state index contributed by atoms with van der Waals surface area (Å²) in [6, 6.07) is 0. The zero-order valence-corrected chi connectivity index (χ0v) is 3.07. The molecule has 0 unspecified atom stereocenters. The average molecular weight is 102 g/mol. The van der Waals surface area contributed by atoms with Crippen molar-refractivity contribution in [3.05, 3.63) is 0 Å². The fraction of sp³-hybridized carbons (Fsp3) is 0. The van der Waals surface area contributed by atoms with E-state index in [1.807, 2.05) is 0 Å². The van der Waals surface area contributed by atoms with Gasteiger partial charge in [0, 0.05) is 16.1 Å². The molecule has 0 saturated carbocycles. The van der Waals surface area contributed by atoms with Gasteiger partial charge in [-0.2, -0.15) is 0 Å². The van der Waals surface area contributed by atoms with Crippen molar-refractivity contribution >= 4 is 11.0 Å². The molecule has 5 heavy (non-hydrogen) atoms. The van der Waals surface area contributed by atoms with E-state index in [9.17, 15) is 0 Å². The van der Waals surface area contributed by atoms with Crippen LogP contribution in [0.25, 0.3) is 0 Å². The van der Waals surface area contributed by atoms with Crippen LogP contribution in [-0.2, 0) is 5.15 Å². The van der Waals surface area contributed by atoms with E-state index in [4.69, 9.17) is 9.05 Å². The van der Waals surface area contributed by atoms with Crippen molar-refractivity contribution in [2.24, 2.45) is 0 Å². The van der Waals surface area contributed by atoms with Crippen molar-refractivity contribution in [1.29, 1.82) is 0 Å². The molecule has 0 aromatic heterocycles. The third-order valence-corrected chi connectivity index (χ3v) is 0. The highest BCUT2D eigenvalue weighted by atomic mass is 28.1. The zero-order chi connectivity index (χ0) is 2.71. The van der Waals surface area contributed by atoms with E-state index in [2.05, 4.69) is 0 Å². The highest BCUT2D eigenvalue weighted by Gasteiger charge is 1.42. The molecule has 0 rings (SSSR count). The minimum absolute atomic E-state index is 0. The molecule has 0 aliphatic heterocycles. The molecule has 0 N–H and O–H groups in total. The van der Waals surface area contributed by atoms with E-state index < -0.39 is 0 Å². The average Bonchev–Trinajstić information content (AvgIpc) is 0.918. The molecule has 5 heteroatoms. The topological polar surface area (TPSA) is 9.23 Å². The number of hydrogen-bond acceptors (Lipinski definition) is 1. The first kappa shape index (κ1) is 20.2. The molecular weight excluding hydrogens is 101 g/mol. The lowest BCUT2D eigenvalue weighted by Gasteiger charge is -1.41. The molecular formula is HF3OSi. The van der Waals surface area contributed by atoms with E-state index >= 15 is 0 Å². The summed E-state index contributed by atoms with van der Waals surface area (Å²) in [6.07, 6.45) is 0. The largest absolute Gasteiger partial charge is 0.269 e. The second-order valence-electron chi connectivity index (χ2n) is 0.0583. The second kappa shape index (κ2) is 37.4. The third kappa shape index (κ3) is 14000. The van der Waals surface area contributed by atoms with Gasteiger partial charge >= 0.3 is 0 Å². The van der Waals surface area contributed by atoms with Gasteiger partial charge in [0.2, 0.25) is 0 Å². The van der Waals surface area contributed by atoms with Gasteiger partial charge in [0.15, 0.2) is 0 Å². The van der Waals surface area contributed by atoms with Crippen LogP contribution in [0.4, 0.5) is 13.8 Å². The van der Waals surface area contributed by atoms with Gasteiger partial charge < -0.3 is 0 Å². The fourth-order valence-electron chi connectivity index (χ4n) is 0. The minimum Gasteiger partial charge on any atom is -0.269 e. The van der Waals surface area contributed by atoms with Gasteiger partial charge in [0.05, 0.1) is 0 Å². The summed E-state index contributed by atoms with van der Waals surface area (Å²) in [5.74, 6) is 0. The van der Waals surface area contributed by atoms with Crippen LogP contribution in [0.2, 0.25) is 0 Å². The first-order valence-corrected chi connectivity index (χ1v) is 0.309. The summed E-state index contributed by atoms with van der Waals surface area (Å²) < 4.78 is 18.2. The molecule has 0 amide bonds. The van der Waals surface area contributed by atoms with E-state index in [0.29, 0.717) is 0 Å². The highest BCUT2D eigenvalue weighted by molar-refractivity contribution is 5.75. The first-order valence-electron chi connectivity index (χ1n) is 0.309. The molecule has 0 aromatic carbocycles. The standard InChI is InChI=1S/F2O.FH.Si/c1-3-2;;/h;1H;. The second-order valence-corrected chi connectivity index (χ2v) is 0.0583. The maximum atomic E-state index is 9.12. The summed E-state index contributed by atoms with van der Waals surface area (Å²) in [5, 5.41) is 1.25. The van der Waals surface area contributed by atoms with Crippen LogP contribution < -0.4 is 0 Å². The van der Waals surface area contributed by atoms with Gasteiger partial charge in [-0.3, -0.25) is 4.70 Å². The van der Waals surface area contributed by atoms with E-state index in [-0.39, 0.29) is 15.7 Å². The van der Waals surface area contributed by atoms with Crippen LogP contribution in [-0.4, -0.2) is 11.0 Å². The third-order valence-electron chi connectivity index (χ3n) is 0. The normalized spacial score (nSPS) is 3.60. The lowest BCUT2D eigenvalue weighted by molar-refractivity contribution is -0.317. The molecule has 0 fully saturated rings. The van der Waals surface area contributed by atoms with E-state index in [1.54, 1.807) is 0 Å².